The Kier molecular flexibility index (Phi) is 5.13. The van der Waals surface area contributed by atoms with Crippen LogP contribution in [0.1, 0.15) is 19.4 Å². The van der Waals surface area contributed by atoms with Gasteiger partial charge in [0.1, 0.15) is 0 Å². The molecule has 0 aliphatic rings. The molecule has 102 valence electrons. The Bertz CT molecular complexity index is 526. The van der Waals surface area contributed by atoms with Crippen molar-refractivity contribution in [2.75, 3.05) is 7.11 Å². The fourth-order valence-corrected chi connectivity index (χ4v) is 2.64. The molecule has 4 nitrogen and oxygen atoms in total. The highest BCUT2D eigenvalue weighted by molar-refractivity contribution is 8.13. The van der Waals surface area contributed by atoms with Crippen LogP contribution in [-0.4, -0.2) is 21.6 Å². The van der Waals surface area contributed by atoms with Gasteiger partial charge in [-0.15, -0.1) is 0 Å². The monoisotopic (exact) mass is 312 g/mol. The van der Waals surface area contributed by atoms with E-state index in [4.69, 9.17) is 31.8 Å². The molecule has 0 heterocycles. The highest BCUT2D eigenvalue weighted by Crippen LogP contribution is 2.35. The molecular formula is C11H14Cl2O4S. The normalized spacial score (nSPS) is 11.7. The quantitative estimate of drug-likeness (QED) is 0.783. The van der Waals surface area contributed by atoms with E-state index in [0.29, 0.717) is 17.1 Å². The molecule has 0 atom stereocenters. The van der Waals surface area contributed by atoms with Crippen LogP contribution >= 0.6 is 22.3 Å². The summed E-state index contributed by atoms with van der Waals surface area (Å²) in [5.41, 5.74) is 0.375. The SMILES string of the molecule is COc1cc(CS(=O)(=O)Cl)c(Cl)cc1OC(C)C. The zero-order chi connectivity index (χ0) is 13.9. The van der Waals surface area contributed by atoms with Crippen molar-refractivity contribution < 1.29 is 17.9 Å². The third-order valence-corrected chi connectivity index (χ3v) is 3.36. The zero-order valence-corrected chi connectivity index (χ0v) is 12.6. The Morgan fingerprint density at radius 3 is 2.33 bits per heavy atom. The van der Waals surface area contributed by atoms with E-state index in [-0.39, 0.29) is 16.9 Å². The Hall–Kier alpha value is -0.650. The van der Waals surface area contributed by atoms with Crippen molar-refractivity contribution in [3.63, 3.8) is 0 Å². The summed E-state index contributed by atoms with van der Waals surface area (Å²) in [5.74, 6) is 0.530. The van der Waals surface area contributed by atoms with E-state index >= 15 is 0 Å². The van der Waals surface area contributed by atoms with Crippen molar-refractivity contribution in [1.82, 2.24) is 0 Å². The third kappa shape index (κ3) is 4.55. The number of methoxy groups -OCH3 is 1. The number of benzene rings is 1. The highest BCUT2D eigenvalue weighted by Gasteiger charge is 2.16. The van der Waals surface area contributed by atoms with E-state index in [2.05, 4.69) is 0 Å². The molecule has 0 aliphatic heterocycles. The largest absolute Gasteiger partial charge is 0.493 e. The molecule has 0 radical (unpaired) electrons. The second-order valence-corrected chi connectivity index (χ2v) is 7.13. The molecule has 0 saturated carbocycles. The van der Waals surface area contributed by atoms with Gasteiger partial charge in [-0.05, 0) is 25.5 Å². The number of ether oxygens (including phenoxy) is 2. The topological polar surface area (TPSA) is 52.6 Å². The summed E-state index contributed by atoms with van der Waals surface area (Å²) in [5, 5.41) is 0.274. The van der Waals surface area contributed by atoms with Crippen LogP contribution in [0.4, 0.5) is 0 Å². The standard InChI is InChI=1S/C11H14Cl2O4S/c1-7(2)17-11-5-9(12)8(4-10(11)16-3)6-18(13,14)15/h4-5,7H,6H2,1-3H3. The predicted octanol–water partition coefficient (Wildman–Crippen LogP) is 3.20. The minimum atomic E-state index is -3.67. The van der Waals surface area contributed by atoms with Crippen LogP contribution in [0.2, 0.25) is 5.02 Å². The second-order valence-electron chi connectivity index (χ2n) is 3.94. The van der Waals surface area contributed by atoms with Crippen molar-refractivity contribution in [2.24, 2.45) is 0 Å². The number of halogens is 2. The molecule has 0 amide bonds. The van der Waals surface area contributed by atoms with Crippen molar-refractivity contribution in [3.05, 3.63) is 22.7 Å². The van der Waals surface area contributed by atoms with E-state index in [9.17, 15) is 8.42 Å². The lowest BCUT2D eigenvalue weighted by Crippen LogP contribution is -2.07. The van der Waals surface area contributed by atoms with E-state index < -0.39 is 9.05 Å². The van der Waals surface area contributed by atoms with Crippen LogP contribution in [0.15, 0.2) is 12.1 Å². The molecular weight excluding hydrogens is 299 g/mol. The first-order valence-corrected chi connectivity index (χ1v) is 8.04. The molecule has 1 aromatic rings. The van der Waals surface area contributed by atoms with Gasteiger partial charge < -0.3 is 9.47 Å². The first-order valence-electron chi connectivity index (χ1n) is 5.18. The van der Waals surface area contributed by atoms with Gasteiger partial charge in [0, 0.05) is 21.8 Å². The molecule has 0 spiro atoms. The summed E-state index contributed by atoms with van der Waals surface area (Å²) in [4.78, 5) is 0. The third-order valence-electron chi connectivity index (χ3n) is 2.02. The molecule has 1 aromatic carbocycles. The maximum absolute atomic E-state index is 11.0. The lowest BCUT2D eigenvalue weighted by molar-refractivity contribution is 0.230. The Balaban J connectivity index is 3.18. The van der Waals surface area contributed by atoms with E-state index in [0.717, 1.165) is 0 Å². The minimum absolute atomic E-state index is 0.0439. The van der Waals surface area contributed by atoms with Gasteiger partial charge in [-0.1, -0.05) is 11.6 Å². The highest BCUT2D eigenvalue weighted by atomic mass is 35.7. The average molecular weight is 313 g/mol. The molecule has 0 unspecified atom stereocenters. The van der Waals surface area contributed by atoms with Crippen molar-refractivity contribution in [2.45, 2.75) is 25.7 Å². The zero-order valence-electron chi connectivity index (χ0n) is 10.2. The van der Waals surface area contributed by atoms with E-state index in [1.54, 1.807) is 0 Å². The molecule has 0 saturated heterocycles. The van der Waals surface area contributed by atoms with Gasteiger partial charge in [-0.25, -0.2) is 8.42 Å². The maximum atomic E-state index is 11.0. The second kappa shape index (κ2) is 5.99. The number of rotatable bonds is 5. The first-order chi connectivity index (χ1) is 8.23. The predicted molar refractivity (Wildman–Crippen MR) is 72.2 cm³/mol. The average Bonchev–Trinajstić information content (AvgIpc) is 2.19. The number of hydrogen-bond donors (Lipinski definition) is 0. The van der Waals surface area contributed by atoms with Crippen molar-refractivity contribution in [3.8, 4) is 11.5 Å². The van der Waals surface area contributed by atoms with Gasteiger partial charge in [0.05, 0.1) is 19.0 Å². The Labute approximate surface area is 116 Å². The summed E-state index contributed by atoms with van der Waals surface area (Å²) in [6.45, 7) is 3.73. The molecule has 1 rings (SSSR count). The summed E-state index contributed by atoms with van der Waals surface area (Å²) in [6.07, 6.45) is -0.0439. The van der Waals surface area contributed by atoms with E-state index in [1.165, 1.54) is 19.2 Å². The maximum Gasteiger partial charge on any atom is 0.236 e. The van der Waals surface area contributed by atoms with Crippen molar-refractivity contribution >= 4 is 31.3 Å². The van der Waals surface area contributed by atoms with Gasteiger partial charge in [0.15, 0.2) is 11.5 Å². The first kappa shape index (κ1) is 15.4. The van der Waals surface area contributed by atoms with Gasteiger partial charge in [0.25, 0.3) is 0 Å². The van der Waals surface area contributed by atoms with Gasteiger partial charge in [-0.3, -0.25) is 0 Å². The Morgan fingerprint density at radius 1 is 1.28 bits per heavy atom. The molecule has 0 fully saturated rings. The van der Waals surface area contributed by atoms with Gasteiger partial charge in [-0.2, -0.15) is 0 Å². The summed E-state index contributed by atoms with van der Waals surface area (Å²) in [6, 6.07) is 3.04. The van der Waals surface area contributed by atoms with Crippen molar-refractivity contribution in [1.29, 1.82) is 0 Å². The molecule has 0 N–H and O–H groups in total. The summed E-state index contributed by atoms with van der Waals surface area (Å²) < 4.78 is 32.7. The fourth-order valence-electron chi connectivity index (χ4n) is 1.38. The molecule has 0 aromatic heterocycles. The van der Waals surface area contributed by atoms with E-state index in [1.807, 2.05) is 13.8 Å². The molecule has 18 heavy (non-hydrogen) atoms. The van der Waals surface area contributed by atoms with Gasteiger partial charge >= 0.3 is 0 Å². The van der Waals surface area contributed by atoms with Crippen LogP contribution < -0.4 is 9.47 Å². The Morgan fingerprint density at radius 2 is 1.89 bits per heavy atom. The molecule has 0 bridgehead atoms. The summed E-state index contributed by atoms with van der Waals surface area (Å²) in [7, 11) is 3.00. The smallest absolute Gasteiger partial charge is 0.236 e. The van der Waals surface area contributed by atoms with Gasteiger partial charge in [0.2, 0.25) is 9.05 Å². The van der Waals surface area contributed by atoms with Crippen LogP contribution in [0.3, 0.4) is 0 Å². The van der Waals surface area contributed by atoms with Crippen LogP contribution in [-0.2, 0) is 14.8 Å². The molecule has 7 heteroatoms. The molecule has 0 aliphatic carbocycles. The minimum Gasteiger partial charge on any atom is -0.493 e. The van der Waals surface area contributed by atoms with Crippen LogP contribution in [0.25, 0.3) is 0 Å². The fraction of sp³-hybridized carbons (Fsp3) is 0.455. The lowest BCUT2D eigenvalue weighted by atomic mass is 10.2. The lowest BCUT2D eigenvalue weighted by Gasteiger charge is -2.15. The summed E-state index contributed by atoms with van der Waals surface area (Å²) >= 11 is 5.99. The number of hydrogen-bond acceptors (Lipinski definition) is 4. The van der Waals surface area contributed by atoms with Crippen LogP contribution in [0, 0.1) is 0 Å². The van der Waals surface area contributed by atoms with Crippen LogP contribution in [0.5, 0.6) is 11.5 Å².